The largest absolute Gasteiger partial charge is 0.306 e. The highest BCUT2D eigenvalue weighted by molar-refractivity contribution is 9.10. The van der Waals surface area contributed by atoms with Gasteiger partial charge in [-0.2, -0.15) is 0 Å². The number of hydrogen-bond acceptors (Lipinski definition) is 1. The van der Waals surface area contributed by atoms with Crippen molar-refractivity contribution in [2.24, 2.45) is 0 Å². The number of rotatable bonds is 5. The summed E-state index contributed by atoms with van der Waals surface area (Å²) in [6, 6.07) is 12.8. The molecule has 1 N–H and O–H groups in total. The Labute approximate surface area is 140 Å². The minimum Gasteiger partial charge on any atom is -0.306 e. The number of nitrogens with one attached hydrogen (secondary N) is 1. The molecule has 112 valence electrons. The molecule has 2 aromatic rings. The van der Waals surface area contributed by atoms with Gasteiger partial charge in [-0.25, -0.2) is 0 Å². The first-order valence-corrected chi connectivity index (χ1v) is 8.46. The molecule has 0 saturated heterocycles. The fraction of sp³-hybridized carbons (Fsp3) is 0.333. The molecule has 0 saturated carbocycles. The van der Waals surface area contributed by atoms with Crippen LogP contribution in [-0.4, -0.2) is 6.54 Å². The first kappa shape index (κ1) is 16.5. The van der Waals surface area contributed by atoms with Gasteiger partial charge in [-0.3, -0.25) is 0 Å². The zero-order valence-corrected chi connectivity index (χ0v) is 15.1. The molecule has 1 nitrogen and oxygen atoms in total. The van der Waals surface area contributed by atoms with Gasteiger partial charge in [-0.15, -0.1) is 0 Å². The molecule has 1 unspecified atom stereocenters. The topological polar surface area (TPSA) is 12.0 Å². The van der Waals surface area contributed by atoms with E-state index in [4.69, 9.17) is 11.6 Å². The Bertz CT molecular complexity index is 625. The normalized spacial score (nSPS) is 12.4. The Hall–Kier alpha value is -0.830. The van der Waals surface area contributed by atoms with Crippen LogP contribution in [0.1, 0.15) is 41.6 Å². The average Bonchev–Trinajstić information content (AvgIpc) is 2.47. The SMILES string of the molecule is CCCNC(c1ccc(C)c(Cl)c1)c1cccc(C)c1Br. The van der Waals surface area contributed by atoms with Crippen molar-refractivity contribution in [1.29, 1.82) is 0 Å². The van der Waals surface area contributed by atoms with Gasteiger partial charge in [0.05, 0.1) is 6.04 Å². The lowest BCUT2D eigenvalue weighted by Crippen LogP contribution is -2.23. The van der Waals surface area contributed by atoms with E-state index >= 15 is 0 Å². The summed E-state index contributed by atoms with van der Waals surface area (Å²) in [5.74, 6) is 0. The van der Waals surface area contributed by atoms with Crippen LogP contribution >= 0.6 is 27.5 Å². The van der Waals surface area contributed by atoms with Crippen LogP contribution in [0.2, 0.25) is 5.02 Å². The van der Waals surface area contributed by atoms with Crippen molar-refractivity contribution in [2.45, 2.75) is 33.2 Å². The predicted octanol–water partition coefficient (Wildman–Crippen LogP) is 5.81. The van der Waals surface area contributed by atoms with E-state index in [1.807, 2.05) is 6.92 Å². The van der Waals surface area contributed by atoms with E-state index in [0.717, 1.165) is 28.0 Å². The molecule has 1 atom stereocenters. The maximum atomic E-state index is 6.31. The van der Waals surface area contributed by atoms with Crippen LogP contribution in [0, 0.1) is 13.8 Å². The maximum Gasteiger partial charge on any atom is 0.0588 e. The highest BCUT2D eigenvalue weighted by Crippen LogP contribution is 2.32. The molecule has 0 bridgehead atoms. The van der Waals surface area contributed by atoms with Crippen molar-refractivity contribution in [2.75, 3.05) is 6.54 Å². The van der Waals surface area contributed by atoms with E-state index in [1.54, 1.807) is 0 Å². The summed E-state index contributed by atoms with van der Waals surface area (Å²) in [5, 5.41) is 4.45. The maximum absolute atomic E-state index is 6.31. The Morgan fingerprint density at radius 3 is 2.57 bits per heavy atom. The third kappa shape index (κ3) is 3.88. The van der Waals surface area contributed by atoms with Crippen LogP contribution in [0.25, 0.3) is 0 Å². The van der Waals surface area contributed by atoms with E-state index in [1.165, 1.54) is 16.7 Å². The third-order valence-electron chi connectivity index (χ3n) is 3.66. The summed E-state index contributed by atoms with van der Waals surface area (Å²) in [5.41, 5.74) is 4.81. The minimum atomic E-state index is 0.150. The molecule has 0 amide bonds. The molecule has 0 radical (unpaired) electrons. The van der Waals surface area contributed by atoms with E-state index in [-0.39, 0.29) is 6.04 Å². The van der Waals surface area contributed by atoms with Gasteiger partial charge in [0.2, 0.25) is 0 Å². The van der Waals surface area contributed by atoms with Gasteiger partial charge in [0, 0.05) is 9.50 Å². The van der Waals surface area contributed by atoms with Crippen molar-refractivity contribution in [3.63, 3.8) is 0 Å². The molecule has 0 fully saturated rings. The second-order valence-electron chi connectivity index (χ2n) is 5.37. The van der Waals surface area contributed by atoms with Crippen LogP contribution in [0.15, 0.2) is 40.9 Å². The summed E-state index contributed by atoms with van der Waals surface area (Å²) >= 11 is 10.0. The highest BCUT2D eigenvalue weighted by atomic mass is 79.9. The molecule has 0 aliphatic carbocycles. The summed E-state index contributed by atoms with van der Waals surface area (Å²) < 4.78 is 1.16. The van der Waals surface area contributed by atoms with Crippen LogP contribution < -0.4 is 5.32 Å². The number of aryl methyl sites for hydroxylation is 2. The lowest BCUT2D eigenvalue weighted by atomic mass is 9.96. The predicted molar refractivity (Wildman–Crippen MR) is 95.2 cm³/mol. The Kier molecular flexibility index (Phi) is 5.86. The van der Waals surface area contributed by atoms with Crippen LogP contribution in [0.3, 0.4) is 0 Å². The van der Waals surface area contributed by atoms with Crippen molar-refractivity contribution in [1.82, 2.24) is 5.32 Å². The van der Waals surface area contributed by atoms with Gasteiger partial charge < -0.3 is 5.32 Å². The first-order chi connectivity index (χ1) is 10.0. The van der Waals surface area contributed by atoms with E-state index in [0.29, 0.717) is 0 Å². The van der Waals surface area contributed by atoms with Gasteiger partial charge in [0.15, 0.2) is 0 Å². The molecular formula is C18H21BrClN. The zero-order chi connectivity index (χ0) is 15.4. The van der Waals surface area contributed by atoms with Crippen molar-refractivity contribution in [3.05, 3.63) is 68.1 Å². The Balaban J connectivity index is 2.47. The third-order valence-corrected chi connectivity index (χ3v) is 5.15. The first-order valence-electron chi connectivity index (χ1n) is 7.29. The van der Waals surface area contributed by atoms with Crippen molar-refractivity contribution in [3.8, 4) is 0 Å². The van der Waals surface area contributed by atoms with Crippen molar-refractivity contribution < 1.29 is 0 Å². The molecule has 0 aliphatic rings. The fourth-order valence-corrected chi connectivity index (χ4v) is 3.06. The Morgan fingerprint density at radius 2 is 1.90 bits per heavy atom. The van der Waals surface area contributed by atoms with E-state index in [2.05, 4.69) is 71.5 Å². The van der Waals surface area contributed by atoms with E-state index in [9.17, 15) is 0 Å². The van der Waals surface area contributed by atoms with Crippen LogP contribution in [-0.2, 0) is 0 Å². The summed E-state index contributed by atoms with van der Waals surface area (Å²) in [6.07, 6.45) is 1.10. The molecule has 21 heavy (non-hydrogen) atoms. The van der Waals surface area contributed by atoms with Gasteiger partial charge in [-0.05, 0) is 55.1 Å². The molecule has 0 aromatic heterocycles. The molecule has 0 aliphatic heterocycles. The standard InChI is InChI=1S/C18H21BrClN/c1-4-10-21-18(14-9-8-12(2)16(20)11-14)15-7-5-6-13(3)17(15)19/h5-9,11,18,21H,4,10H2,1-3H3. The number of halogens is 2. The average molecular weight is 367 g/mol. The molecule has 2 aromatic carbocycles. The van der Waals surface area contributed by atoms with Crippen LogP contribution in [0.5, 0.6) is 0 Å². The second kappa shape index (κ2) is 7.44. The van der Waals surface area contributed by atoms with Gasteiger partial charge in [0.25, 0.3) is 0 Å². The summed E-state index contributed by atoms with van der Waals surface area (Å²) in [7, 11) is 0. The molecule has 2 rings (SSSR count). The van der Waals surface area contributed by atoms with Crippen molar-refractivity contribution >= 4 is 27.5 Å². The second-order valence-corrected chi connectivity index (χ2v) is 6.57. The molecular weight excluding hydrogens is 346 g/mol. The fourth-order valence-electron chi connectivity index (χ4n) is 2.38. The highest BCUT2D eigenvalue weighted by Gasteiger charge is 2.17. The Morgan fingerprint density at radius 1 is 1.14 bits per heavy atom. The molecule has 3 heteroatoms. The smallest absolute Gasteiger partial charge is 0.0588 e. The molecule has 0 spiro atoms. The van der Waals surface area contributed by atoms with Gasteiger partial charge in [0.1, 0.15) is 0 Å². The van der Waals surface area contributed by atoms with Gasteiger partial charge in [-0.1, -0.05) is 64.8 Å². The summed E-state index contributed by atoms with van der Waals surface area (Å²) in [6.45, 7) is 7.30. The number of benzene rings is 2. The zero-order valence-electron chi connectivity index (χ0n) is 12.7. The number of hydrogen-bond donors (Lipinski definition) is 1. The lowest BCUT2D eigenvalue weighted by molar-refractivity contribution is 0.596. The quantitative estimate of drug-likeness (QED) is 0.704. The lowest BCUT2D eigenvalue weighted by Gasteiger charge is -2.22. The van der Waals surface area contributed by atoms with E-state index < -0.39 is 0 Å². The minimum absolute atomic E-state index is 0.150. The molecule has 0 heterocycles. The van der Waals surface area contributed by atoms with Crippen LogP contribution in [0.4, 0.5) is 0 Å². The van der Waals surface area contributed by atoms with Gasteiger partial charge >= 0.3 is 0 Å². The summed E-state index contributed by atoms with van der Waals surface area (Å²) in [4.78, 5) is 0. The monoisotopic (exact) mass is 365 g/mol.